The predicted molar refractivity (Wildman–Crippen MR) is 194 cm³/mol. The molecule has 0 radical (unpaired) electrons. The quantitative estimate of drug-likeness (QED) is 0.189. The first kappa shape index (κ1) is 27.5. The van der Waals surface area contributed by atoms with Gasteiger partial charge in [0.1, 0.15) is 0 Å². The SMILES string of the molecule is c1ccc(-c2ccc(-c3cc(-c4ccc(-c5ccccc5)cc4)nc(-c4ccc(-c5ccc6ccccc6c5)cc4)c3)cc2)cc1. The standard InChI is InChI=1S/C45H31N/c1-3-9-32(10-4-1)35-15-17-38(18-16-35)43-30-44(39-24-19-36(20-25-39)33-11-5-2-6-12-33)46-45(31-43)40-26-21-37(22-27-40)42-28-23-34-13-7-8-14-41(34)29-42/h1-31H. The van der Waals surface area contributed by atoms with Crippen LogP contribution >= 0.6 is 0 Å². The van der Waals surface area contributed by atoms with Gasteiger partial charge in [-0.2, -0.15) is 0 Å². The topological polar surface area (TPSA) is 12.9 Å². The van der Waals surface area contributed by atoms with Gasteiger partial charge in [-0.15, -0.1) is 0 Å². The maximum absolute atomic E-state index is 5.21. The van der Waals surface area contributed by atoms with E-state index in [1.54, 1.807) is 0 Å². The van der Waals surface area contributed by atoms with E-state index in [0.717, 1.165) is 28.1 Å². The van der Waals surface area contributed by atoms with Crippen LogP contribution in [-0.2, 0) is 0 Å². The van der Waals surface area contributed by atoms with Crippen molar-refractivity contribution in [3.8, 4) is 67.0 Å². The van der Waals surface area contributed by atoms with Crippen molar-refractivity contribution in [3.05, 3.63) is 188 Å². The molecule has 0 unspecified atom stereocenters. The van der Waals surface area contributed by atoms with Crippen molar-refractivity contribution < 1.29 is 0 Å². The van der Waals surface area contributed by atoms with Crippen molar-refractivity contribution in [3.63, 3.8) is 0 Å². The molecule has 1 heteroatoms. The van der Waals surface area contributed by atoms with Crippen LogP contribution in [0.4, 0.5) is 0 Å². The Morgan fingerprint density at radius 1 is 0.217 bits per heavy atom. The number of hydrogen-bond acceptors (Lipinski definition) is 1. The Hall–Kier alpha value is -6.05. The number of fused-ring (bicyclic) bond motifs is 1. The summed E-state index contributed by atoms with van der Waals surface area (Å²) >= 11 is 0. The zero-order chi connectivity index (χ0) is 30.7. The van der Waals surface area contributed by atoms with E-state index >= 15 is 0 Å². The van der Waals surface area contributed by atoms with E-state index in [2.05, 4.69) is 188 Å². The Morgan fingerprint density at radius 2 is 0.565 bits per heavy atom. The van der Waals surface area contributed by atoms with Crippen LogP contribution in [0.15, 0.2) is 188 Å². The van der Waals surface area contributed by atoms with Gasteiger partial charge < -0.3 is 0 Å². The van der Waals surface area contributed by atoms with Gasteiger partial charge in [-0.1, -0.05) is 170 Å². The molecule has 1 aromatic heterocycles. The van der Waals surface area contributed by atoms with Crippen LogP contribution < -0.4 is 0 Å². The normalized spacial score (nSPS) is 11.0. The first-order valence-corrected chi connectivity index (χ1v) is 15.7. The number of rotatable bonds is 6. The zero-order valence-electron chi connectivity index (χ0n) is 25.3. The Balaban J connectivity index is 1.18. The fourth-order valence-electron chi connectivity index (χ4n) is 6.15. The lowest BCUT2D eigenvalue weighted by atomic mass is 9.96. The maximum Gasteiger partial charge on any atom is 0.0715 e. The monoisotopic (exact) mass is 585 g/mol. The largest absolute Gasteiger partial charge is 0.248 e. The van der Waals surface area contributed by atoms with Crippen LogP contribution in [0.25, 0.3) is 77.8 Å². The average Bonchev–Trinajstić information content (AvgIpc) is 3.15. The van der Waals surface area contributed by atoms with Gasteiger partial charge in [0.25, 0.3) is 0 Å². The smallest absolute Gasteiger partial charge is 0.0715 e. The lowest BCUT2D eigenvalue weighted by Gasteiger charge is -2.12. The molecule has 0 spiro atoms. The average molecular weight is 586 g/mol. The summed E-state index contributed by atoms with van der Waals surface area (Å²) in [6.45, 7) is 0. The number of aromatic nitrogens is 1. The second-order valence-corrected chi connectivity index (χ2v) is 11.7. The highest BCUT2D eigenvalue weighted by Crippen LogP contribution is 2.34. The van der Waals surface area contributed by atoms with Crippen LogP contribution in [-0.4, -0.2) is 4.98 Å². The van der Waals surface area contributed by atoms with Crippen molar-refractivity contribution in [1.29, 1.82) is 0 Å². The van der Waals surface area contributed by atoms with Crippen molar-refractivity contribution in [1.82, 2.24) is 4.98 Å². The summed E-state index contributed by atoms with van der Waals surface area (Å²) in [7, 11) is 0. The van der Waals surface area contributed by atoms with Crippen LogP contribution in [0.3, 0.4) is 0 Å². The molecule has 0 saturated heterocycles. The molecule has 1 heterocycles. The Morgan fingerprint density at radius 3 is 1.07 bits per heavy atom. The van der Waals surface area contributed by atoms with Gasteiger partial charge in [0, 0.05) is 11.1 Å². The number of nitrogens with zero attached hydrogens (tertiary/aromatic N) is 1. The molecule has 46 heavy (non-hydrogen) atoms. The van der Waals surface area contributed by atoms with Crippen molar-refractivity contribution in [2.24, 2.45) is 0 Å². The second kappa shape index (κ2) is 12.1. The Labute approximate surface area is 270 Å². The van der Waals surface area contributed by atoms with Gasteiger partial charge in [-0.25, -0.2) is 4.98 Å². The van der Waals surface area contributed by atoms with E-state index in [0.29, 0.717) is 0 Å². The van der Waals surface area contributed by atoms with Gasteiger partial charge >= 0.3 is 0 Å². The summed E-state index contributed by atoms with van der Waals surface area (Å²) in [5.74, 6) is 0. The molecule has 8 rings (SSSR count). The van der Waals surface area contributed by atoms with E-state index in [4.69, 9.17) is 4.98 Å². The van der Waals surface area contributed by atoms with E-state index in [9.17, 15) is 0 Å². The molecule has 0 aliphatic heterocycles. The minimum Gasteiger partial charge on any atom is -0.248 e. The molecule has 8 aromatic rings. The van der Waals surface area contributed by atoms with Gasteiger partial charge in [-0.05, 0) is 73.5 Å². The number of benzene rings is 7. The lowest BCUT2D eigenvalue weighted by molar-refractivity contribution is 1.32. The molecular formula is C45H31N. The summed E-state index contributed by atoms with van der Waals surface area (Å²) in [5.41, 5.74) is 13.6. The molecule has 0 aliphatic rings. The molecule has 0 aliphatic carbocycles. The summed E-state index contributed by atoms with van der Waals surface area (Å²) in [4.78, 5) is 5.21. The minimum atomic E-state index is 0.955. The maximum atomic E-state index is 5.21. The number of hydrogen-bond donors (Lipinski definition) is 0. The first-order chi connectivity index (χ1) is 22.8. The van der Waals surface area contributed by atoms with E-state index < -0.39 is 0 Å². The summed E-state index contributed by atoms with van der Waals surface area (Å²) in [5, 5.41) is 2.50. The fraction of sp³-hybridized carbons (Fsp3) is 0. The van der Waals surface area contributed by atoms with Crippen molar-refractivity contribution in [2.45, 2.75) is 0 Å². The lowest BCUT2D eigenvalue weighted by Crippen LogP contribution is -1.92. The van der Waals surface area contributed by atoms with Crippen LogP contribution in [0.5, 0.6) is 0 Å². The Kier molecular flexibility index (Phi) is 7.26. The molecule has 0 amide bonds. The van der Waals surface area contributed by atoms with Crippen LogP contribution in [0.2, 0.25) is 0 Å². The highest BCUT2D eigenvalue weighted by molar-refractivity contribution is 5.88. The predicted octanol–water partition coefficient (Wildman–Crippen LogP) is 12.2. The Bertz CT molecular complexity index is 2150. The highest BCUT2D eigenvalue weighted by Gasteiger charge is 2.11. The highest BCUT2D eigenvalue weighted by atomic mass is 14.7. The van der Waals surface area contributed by atoms with Gasteiger partial charge in [0.15, 0.2) is 0 Å². The molecule has 0 bridgehead atoms. The summed E-state index contributed by atoms with van der Waals surface area (Å²) in [6, 6.07) is 67.0. The zero-order valence-corrected chi connectivity index (χ0v) is 25.3. The first-order valence-electron chi connectivity index (χ1n) is 15.7. The van der Waals surface area contributed by atoms with Crippen molar-refractivity contribution in [2.75, 3.05) is 0 Å². The summed E-state index contributed by atoms with van der Waals surface area (Å²) < 4.78 is 0. The minimum absolute atomic E-state index is 0.955. The van der Waals surface area contributed by atoms with Gasteiger partial charge in [0.2, 0.25) is 0 Å². The molecule has 0 N–H and O–H groups in total. The van der Waals surface area contributed by atoms with Crippen LogP contribution in [0.1, 0.15) is 0 Å². The molecule has 0 saturated carbocycles. The summed E-state index contributed by atoms with van der Waals surface area (Å²) in [6.07, 6.45) is 0. The van der Waals surface area contributed by atoms with Crippen LogP contribution in [0, 0.1) is 0 Å². The van der Waals surface area contributed by atoms with Crippen molar-refractivity contribution >= 4 is 10.8 Å². The fourth-order valence-corrected chi connectivity index (χ4v) is 6.15. The molecule has 0 fully saturated rings. The van der Waals surface area contributed by atoms with Gasteiger partial charge in [-0.3, -0.25) is 0 Å². The molecule has 1 nitrogen and oxygen atoms in total. The molecule has 216 valence electrons. The van der Waals surface area contributed by atoms with E-state index in [1.807, 2.05) is 0 Å². The van der Waals surface area contributed by atoms with Gasteiger partial charge in [0.05, 0.1) is 11.4 Å². The molecule has 7 aromatic carbocycles. The van der Waals surface area contributed by atoms with E-state index in [-0.39, 0.29) is 0 Å². The second-order valence-electron chi connectivity index (χ2n) is 11.7. The van der Waals surface area contributed by atoms with E-state index in [1.165, 1.54) is 49.7 Å². The molecule has 0 atom stereocenters. The third kappa shape index (κ3) is 5.63. The molecular weight excluding hydrogens is 555 g/mol. The third-order valence-electron chi connectivity index (χ3n) is 8.70. The third-order valence-corrected chi connectivity index (χ3v) is 8.70. The number of pyridine rings is 1.